The number of hydrogen-bond donors (Lipinski definition) is 1. The minimum absolute atomic E-state index is 0.616. The summed E-state index contributed by atoms with van der Waals surface area (Å²) in [5, 5.41) is 3.60. The van der Waals surface area contributed by atoms with Crippen molar-refractivity contribution >= 4 is 0 Å². The normalized spacial score (nSPS) is 28.2. The third-order valence-corrected chi connectivity index (χ3v) is 3.73. The summed E-state index contributed by atoms with van der Waals surface area (Å²) in [4.78, 5) is 4.57. The van der Waals surface area contributed by atoms with E-state index in [9.17, 15) is 0 Å². The second kappa shape index (κ2) is 4.06. The summed E-state index contributed by atoms with van der Waals surface area (Å²) in [5.41, 5.74) is 1.20. The Morgan fingerprint density at radius 2 is 2.44 bits per heavy atom. The fourth-order valence-corrected chi connectivity index (χ4v) is 2.92. The maximum Gasteiger partial charge on any atom is 0.198 e. The van der Waals surface area contributed by atoms with Crippen molar-refractivity contribution in [2.75, 3.05) is 6.54 Å². The highest BCUT2D eigenvalue weighted by Crippen LogP contribution is 2.31. The van der Waals surface area contributed by atoms with Crippen LogP contribution in [0.5, 0.6) is 0 Å². The highest BCUT2D eigenvalue weighted by molar-refractivity contribution is 5.18. The molecule has 2 unspecified atom stereocenters. The smallest absolute Gasteiger partial charge is 0.198 e. The molecular formula is C13H18N2O. The van der Waals surface area contributed by atoms with E-state index in [1.54, 1.807) is 0 Å². The minimum Gasteiger partial charge on any atom is -0.445 e. The molecule has 1 fully saturated rings. The highest BCUT2D eigenvalue weighted by atomic mass is 16.4. The van der Waals surface area contributed by atoms with Gasteiger partial charge in [-0.15, -0.1) is 6.58 Å². The van der Waals surface area contributed by atoms with E-state index >= 15 is 0 Å². The van der Waals surface area contributed by atoms with Crippen molar-refractivity contribution in [3.05, 3.63) is 30.0 Å². The van der Waals surface area contributed by atoms with Crippen LogP contribution in [0.15, 0.2) is 17.1 Å². The third-order valence-electron chi connectivity index (χ3n) is 3.73. The van der Waals surface area contributed by atoms with E-state index in [0.29, 0.717) is 6.04 Å². The molecule has 2 heterocycles. The van der Waals surface area contributed by atoms with E-state index in [1.807, 2.05) is 6.08 Å². The Morgan fingerprint density at radius 3 is 3.31 bits per heavy atom. The van der Waals surface area contributed by atoms with Crippen LogP contribution in [-0.2, 0) is 19.3 Å². The van der Waals surface area contributed by atoms with Crippen molar-refractivity contribution < 1.29 is 4.42 Å². The Kier molecular flexibility index (Phi) is 2.56. The van der Waals surface area contributed by atoms with Gasteiger partial charge in [0.15, 0.2) is 5.89 Å². The lowest BCUT2D eigenvalue weighted by Gasteiger charge is -2.34. The summed E-state index contributed by atoms with van der Waals surface area (Å²) in [6.45, 7) is 4.88. The molecule has 1 aromatic heterocycles. The Morgan fingerprint density at radius 1 is 1.50 bits per heavy atom. The Balaban J connectivity index is 1.84. The molecule has 3 heteroatoms. The van der Waals surface area contributed by atoms with Crippen LogP contribution in [0.2, 0.25) is 0 Å². The Labute approximate surface area is 95.9 Å². The molecular weight excluding hydrogens is 200 g/mol. The zero-order valence-electron chi connectivity index (χ0n) is 9.54. The molecule has 0 spiro atoms. The molecule has 1 aliphatic carbocycles. The first-order valence-corrected chi connectivity index (χ1v) is 6.18. The molecule has 3 rings (SSSR count). The van der Waals surface area contributed by atoms with Gasteiger partial charge >= 0.3 is 0 Å². The number of nitrogens with one attached hydrogen (secondary N) is 1. The molecule has 2 atom stereocenters. The van der Waals surface area contributed by atoms with E-state index < -0.39 is 0 Å². The zero-order valence-corrected chi connectivity index (χ0v) is 9.54. The monoisotopic (exact) mass is 218 g/mol. The van der Waals surface area contributed by atoms with Crippen molar-refractivity contribution in [3.63, 3.8) is 0 Å². The van der Waals surface area contributed by atoms with Gasteiger partial charge in [0.2, 0.25) is 0 Å². The molecule has 3 nitrogen and oxygen atoms in total. The van der Waals surface area contributed by atoms with Crippen LogP contribution in [0.25, 0.3) is 0 Å². The van der Waals surface area contributed by atoms with Gasteiger partial charge in [-0.05, 0) is 31.7 Å². The van der Waals surface area contributed by atoms with Crippen molar-refractivity contribution in [2.24, 2.45) is 5.92 Å². The van der Waals surface area contributed by atoms with E-state index in [1.165, 1.54) is 18.5 Å². The molecule has 1 N–H and O–H groups in total. The summed E-state index contributed by atoms with van der Waals surface area (Å²) < 4.78 is 5.77. The van der Waals surface area contributed by atoms with Gasteiger partial charge in [-0.2, -0.15) is 0 Å². The molecule has 1 saturated heterocycles. The van der Waals surface area contributed by atoms with E-state index in [0.717, 1.165) is 43.4 Å². The number of allylic oxidation sites excluding steroid dienone is 1. The highest BCUT2D eigenvalue weighted by Gasteiger charge is 2.33. The third kappa shape index (κ3) is 1.69. The Bertz CT molecular complexity index is 365. The van der Waals surface area contributed by atoms with E-state index in [-0.39, 0.29) is 0 Å². The van der Waals surface area contributed by atoms with Crippen molar-refractivity contribution in [3.8, 4) is 0 Å². The first-order valence-electron chi connectivity index (χ1n) is 6.18. The lowest BCUT2D eigenvalue weighted by molar-refractivity contribution is 0.246. The van der Waals surface area contributed by atoms with Gasteiger partial charge in [-0.25, -0.2) is 4.98 Å². The number of hydrogen-bond acceptors (Lipinski definition) is 3. The van der Waals surface area contributed by atoms with E-state index in [2.05, 4.69) is 16.9 Å². The summed E-state index contributed by atoms with van der Waals surface area (Å²) in [7, 11) is 0. The maximum atomic E-state index is 5.77. The summed E-state index contributed by atoms with van der Waals surface area (Å²) in [5.74, 6) is 2.70. The number of fused-ring (bicyclic) bond motifs is 2. The minimum atomic E-state index is 0.616. The second-order valence-electron chi connectivity index (χ2n) is 4.84. The largest absolute Gasteiger partial charge is 0.445 e. The van der Waals surface area contributed by atoms with Gasteiger partial charge in [0.05, 0.1) is 5.69 Å². The van der Waals surface area contributed by atoms with Gasteiger partial charge in [0.1, 0.15) is 5.76 Å². The average molecular weight is 218 g/mol. The van der Waals surface area contributed by atoms with Crippen LogP contribution in [-0.4, -0.2) is 17.6 Å². The molecule has 0 aromatic carbocycles. The first kappa shape index (κ1) is 10.1. The van der Waals surface area contributed by atoms with Gasteiger partial charge in [0.25, 0.3) is 0 Å². The molecule has 1 aliphatic heterocycles. The summed E-state index contributed by atoms with van der Waals surface area (Å²) >= 11 is 0. The van der Waals surface area contributed by atoms with Crippen LogP contribution in [0, 0.1) is 5.92 Å². The topological polar surface area (TPSA) is 38.1 Å². The standard InChI is InChI=1S/C13H18N2O/c1-2-4-13-15-11-7-9-5-3-6-14-10(9)8-12(11)16-13/h2,9-10,14H,1,3-8H2. The van der Waals surface area contributed by atoms with Crippen LogP contribution in [0.3, 0.4) is 0 Å². The van der Waals surface area contributed by atoms with Crippen LogP contribution in [0.4, 0.5) is 0 Å². The lowest BCUT2D eigenvalue weighted by Crippen LogP contribution is -2.45. The van der Waals surface area contributed by atoms with Gasteiger partial charge in [-0.1, -0.05) is 6.08 Å². The van der Waals surface area contributed by atoms with Crippen molar-refractivity contribution in [1.29, 1.82) is 0 Å². The second-order valence-corrected chi connectivity index (χ2v) is 4.84. The van der Waals surface area contributed by atoms with Crippen LogP contribution >= 0.6 is 0 Å². The van der Waals surface area contributed by atoms with Crippen LogP contribution < -0.4 is 5.32 Å². The Hall–Kier alpha value is -1.09. The van der Waals surface area contributed by atoms with Gasteiger partial charge in [-0.3, -0.25) is 0 Å². The molecule has 1 aromatic rings. The van der Waals surface area contributed by atoms with Gasteiger partial charge < -0.3 is 9.73 Å². The summed E-state index contributed by atoms with van der Waals surface area (Å²) in [6.07, 6.45) is 7.34. The fourth-order valence-electron chi connectivity index (χ4n) is 2.92. The molecule has 0 radical (unpaired) electrons. The molecule has 0 saturated carbocycles. The van der Waals surface area contributed by atoms with E-state index in [4.69, 9.17) is 4.42 Å². The molecule has 0 amide bonds. The fraction of sp³-hybridized carbons (Fsp3) is 0.615. The summed E-state index contributed by atoms with van der Waals surface area (Å²) in [6, 6.07) is 0.616. The molecule has 0 bridgehead atoms. The van der Waals surface area contributed by atoms with Crippen LogP contribution in [0.1, 0.15) is 30.2 Å². The maximum absolute atomic E-state index is 5.77. The predicted molar refractivity (Wildman–Crippen MR) is 62.3 cm³/mol. The average Bonchev–Trinajstić information content (AvgIpc) is 2.67. The quantitative estimate of drug-likeness (QED) is 0.770. The molecule has 2 aliphatic rings. The number of piperidine rings is 1. The molecule has 16 heavy (non-hydrogen) atoms. The molecule has 86 valence electrons. The zero-order chi connectivity index (χ0) is 11.0. The lowest BCUT2D eigenvalue weighted by atomic mass is 9.80. The number of aromatic nitrogens is 1. The van der Waals surface area contributed by atoms with Crippen molar-refractivity contribution in [2.45, 2.75) is 38.1 Å². The van der Waals surface area contributed by atoms with Gasteiger partial charge in [0, 0.05) is 18.9 Å². The van der Waals surface area contributed by atoms with Crippen molar-refractivity contribution in [1.82, 2.24) is 10.3 Å². The first-order chi connectivity index (χ1) is 7.86. The number of rotatable bonds is 2. The SMILES string of the molecule is C=CCc1nc2c(o1)CC1NCCCC1C2. The predicted octanol–water partition coefficient (Wildman–Crippen LogP) is 1.87. The number of oxazole rings is 1. The number of nitrogens with zero attached hydrogens (tertiary/aromatic N) is 1.